The van der Waals surface area contributed by atoms with Crippen LogP contribution in [-0.4, -0.2) is 63.3 Å². The summed E-state index contributed by atoms with van der Waals surface area (Å²) in [4.78, 5) is 24.3. The van der Waals surface area contributed by atoms with Crippen molar-refractivity contribution in [1.29, 1.82) is 0 Å². The van der Waals surface area contributed by atoms with Gasteiger partial charge in [-0.2, -0.15) is 0 Å². The summed E-state index contributed by atoms with van der Waals surface area (Å²) in [6.07, 6.45) is 5.16. The van der Waals surface area contributed by atoms with Crippen LogP contribution >= 0.6 is 11.8 Å². The van der Waals surface area contributed by atoms with Crippen LogP contribution < -0.4 is 19.9 Å². The lowest BCUT2D eigenvalue weighted by Gasteiger charge is -2.26. The van der Waals surface area contributed by atoms with Gasteiger partial charge >= 0.3 is 0 Å². The molecule has 0 aliphatic heterocycles. The van der Waals surface area contributed by atoms with E-state index in [-0.39, 0.29) is 6.10 Å². The number of aldehydes is 1. The van der Waals surface area contributed by atoms with E-state index in [0.717, 1.165) is 37.2 Å². The molecule has 2 aromatic carbocycles. The van der Waals surface area contributed by atoms with E-state index < -0.39 is 0 Å². The van der Waals surface area contributed by atoms with E-state index in [1.54, 1.807) is 6.20 Å². The van der Waals surface area contributed by atoms with Crippen molar-refractivity contribution in [2.75, 3.05) is 56.8 Å². The third-order valence-electron chi connectivity index (χ3n) is 5.58. The third kappa shape index (κ3) is 6.95. The number of rotatable bonds is 13. The number of thioether (sulfide) groups is 1. The summed E-state index contributed by atoms with van der Waals surface area (Å²) in [6.45, 7) is 2.32. The number of nitrogens with one attached hydrogen (secondary N) is 1. The van der Waals surface area contributed by atoms with E-state index in [9.17, 15) is 4.79 Å². The lowest BCUT2D eigenvalue weighted by molar-refractivity contribution is 0.112. The highest BCUT2D eigenvalue weighted by atomic mass is 32.2. The Balaban J connectivity index is 1.67. The van der Waals surface area contributed by atoms with Gasteiger partial charge in [-0.3, -0.25) is 4.79 Å². The maximum atomic E-state index is 11.4. The Bertz CT molecular complexity index is 1050. The number of aromatic nitrogens is 2. The minimum Gasteiger partial charge on any atom is -0.486 e. The van der Waals surface area contributed by atoms with Crippen molar-refractivity contribution in [3.63, 3.8) is 0 Å². The molecule has 1 unspecified atom stereocenters. The lowest BCUT2D eigenvalue weighted by Crippen LogP contribution is -2.31. The van der Waals surface area contributed by atoms with Crippen LogP contribution in [0.5, 0.6) is 5.75 Å². The molecular weight excluding hydrogens is 446 g/mol. The van der Waals surface area contributed by atoms with Crippen LogP contribution in [0.2, 0.25) is 0 Å². The van der Waals surface area contributed by atoms with Gasteiger partial charge in [0, 0.05) is 51.6 Å². The number of nitrogens with zero attached hydrogens (tertiary/aromatic N) is 4. The summed E-state index contributed by atoms with van der Waals surface area (Å²) >= 11 is 1.46. The Morgan fingerprint density at radius 1 is 1.09 bits per heavy atom. The summed E-state index contributed by atoms with van der Waals surface area (Å²) in [7, 11) is 5.95. The fourth-order valence-corrected chi connectivity index (χ4v) is 3.92. The topological polar surface area (TPSA) is 70.6 Å². The predicted octanol–water partition coefficient (Wildman–Crippen LogP) is 4.31. The van der Waals surface area contributed by atoms with Crippen LogP contribution in [0, 0.1) is 0 Å². The van der Waals surface area contributed by atoms with Crippen LogP contribution in [-0.2, 0) is 0 Å². The zero-order chi connectivity index (χ0) is 24.3. The van der Waals surface area contributed by atoms with Gasteiger partial charge in [-0.1, -0.05) is 48.2 Å². The zero-order valence-corrected chi connectivity index (χ0v) is 21.1. The maximum Gasteiger partial charge on any atom is 0.189 e. The summed E-state index contributed by atoms with van der Waals surface area (Å²) in [5, 5.41) is 3.86. The second-order valence-corrected chi connectivity index (χ2v) is 8.78. The Labute approximate surface area is 206 Å². The predicted molar refractivity (Wildman–Crippen MR) is 141 cm³/mol. The van der Waals surface area contributed by atoms with Crippen LogP contribution in [0.25, 0.3) is 0 Å². The first kappa shape index (κ1) is 25.5. The minimum atomic E-state index is -0.0227. The van der Waals surface area contributed by atoms with Gasteiger partial charge in [0.05, 0.1) is 5.56 Å². The molecule has 0 saturated heterocycles. The first-order valence-electron chi connectivity index (χ1n) is 11.3. The average Bonchev–Trinajstić information content (AvgIpc) is 2.89. The molecule has 180 valence electrons. The van der Waals surface area contributed by atoms with Gasteiger partial charge in [0.2, 0.25) is 0 Å². The molecule has 1 N–H and O–H groups in total. The summed E-state index contributed by atoms with van der Waals surface area (Å²) < 4.78 is 6.41. The Hall–Kier alpha value is -3.10. The van der Waals surface area contributed by atoms with Crippen LogP contribution in [0.3, 0.4) is 0 Å². The van der Waals surface area contributed by atoms with Crippen molar-refractivity contribution >= 4 is 29.6 Å². The highest BCUT2D eigenvalue weighted by Crippen LogP contribution is 2.28. The lowest BCUT2D eigenvalue weighted by atomic mass is 10.1. The fraction of sp³-hybridized carbons (Fsp3) is 0.346. The van der Waals surface area contributed by atoms with Gasteiger partial charge < -0.3 is 19.9 Å². The summed E-state index contributed by atoms with van der Waals surface area (Å²) in [6, 6.07) is 18.5. The van der Waals surface area contributed by atoms with Crippen molar-refractivity contribution in [3.8, 4) is 5.75 Å². The number of hydrogen-bond acceptors (Lipinski definition) is 8. The third-order valence-corrected chi connectivity index (χ3v) is 6.14. The van der Waals surface area contributed by atoms with E-state index in [2.05, 4.69) is 51.5 Å². The number of anilines is 2. The van der Waals surface area contributed by atoms with Gasteiger partial charge in [0.15, 0.2) is 11.4 Å². The van der Waals surface area contributed by atoms with Crippen molar-refractivity contribution in [3.05, 3.63) is 71.9 Å². The number of carbonyl (C=O) groups is 1. The molecule has 0 amide bonds. The highest BCUT2D eigenvalue weighted by Gasteiger charge is 2.15. The molecule has 0 aliphatic carbocycles. The molecule has 0 bridgehead atoms. The molecule has 0 aliphatic rings. The molecule has 3 aromatic rings. The van der Waals surface area contributed by atoms with Crippen molar-refractivity contribution in [2.24, 2.45) is 0 Å². The molecule has 34 heavy (non-hydrogen) atoms. The molecule has 8 heteroatoms. The van der Waals surface area contributed by atoms with E-state index >= 15 is 0 Å². The molecule has 0 fully saturated rings. The van der Waals surface area contributed by atoms with E-state index in [4.69, 9.17) is 4.74 Å². The van der Waals surface area contributed by atoms with Crippen molar-refractivity contribution in [2.45, 2.75) is 17.7 Å². The second-order valence-electron chi connectivity index (χ2n) is 8.00. The second kappa shape index (κ2) is 13.0. The molecule has 7 nitrogen and oxygen atoms in total. The summed E-state index contributed by atoms with van der Waals surface area (Å²) in [5.74, 6) is 1.49. The molecular formula is C26H33N5O2S. The maximum absolute atomic E-state index is 11.4. The largest absolute Gasteiger partial charge is 0.486 e. The van der Waals surface area contributed by atoms with Gasteiger partial charge in [0.25, 0.3) is 0 Å². The number of ether oxygens (including phenoxy) is 1. The molecule has 1 heterocycles. The standard InChI is InChI=1S/C26H33N5O2S/c1-27-14-13-24(20-9-6-5-7-10-20)33-23-12-8-11-22(17-23)30(2)15-16-31(3)25-21(19-32)18-28-26(29-25)34-4/h5-12,17-19,24,27H,13-16H2,1-4H3. The first-order valence-corrected chi connectivity index (χ1v) is 12.5. The van der Waals surface area contributed by atoms with Crippen LogP contribution in [0.15, 0.2) is 66.0 Å². The molecule has 1 aromatic heterocycles. The average molecular weight is 480 g/mol. The molecule has 3 rings (SSSR count). The SMILES string of the molecule is CNCCC(Oc1cccc(N(C)CCN(C)c2nc(SC)ncc2C=O)c1)c1ccccc1. The zero-order valence-electron chi connectivity index (χ0n) is 20.3. The Morgan fingerprint density at radius 3 is 2.56 bits per heavy atom. The highest BCUT2D eigenvalue weighted by molar-refractivity contribution is 7.98. The van der Waals surface area contributed by atoms with Gasteiger partial charge in [0.1, 0.15) is 17.7 Å². The van der Waals surface area contributed by atoms with E-state index in [0.29, 0.717) is 23.1 Å². The fourth-order valence-electron chi connectivity index (χ4n) is 3.58. The Kier molecular flexibility index (Phi) is 9.73. The molecule has 0 spiro atoms. The van der Waals surface area contributed by atoms with Crippen molar-refractivity contribution < 1.29 is 9.53 Å². The molecule has 0 saturated carbocycles. The van der Waals surface area contributed by atoms with E-state index in [1.807, 2.05) is 55.6 Å². The van der Waals surface area contributed by atoms with E-state index in [1.165, 1.54) is 17.3 Å². The Morgan fingerprint density at radius 2 is 1.85 bits per heavy atom. The normalized spacial score (nSPS) is 11.6. The number of likely N-dealkylation sites (N-methyl/N-ethyl adjacent to an activating group) is 2. The van der Waals surface area contributed by atoms with Crippen LogP contribution in [0.4, 0.5) is 11.5 Å². The number of benzene rings is 2. The van der Waals surface area contributed by atoms with Gasteiger partial charge in [-0.05, 0) is 37.5 Å². The van der Waals surface area contributed by atoms with Gasteiger partial charge in [-0.25, -0.2) is 9.97 Å². The smallest absolute Gasteiger partial charge is 0.189 e. The minimum absolute atomic E-state index is 0.0227. The number of carbonyl (C=O) groups excluding carboxylic acids is 1. The number of hydrogen-bond donors (Lipinski definition) is 1. The quantitative estimate of drug-likeness (QED) is 0.221. The van der Waals surface area contributed by atoms with Gasteiger partial charge in [-0.15, -0.1) is 0 Å². The molecule has 0 radical (unpaired) electrons. The molecule has 1 atom stereocenters. The summed E-state index contributed by atoms with van der Waals surface area (Å²) in [5.41, 5.74) is 2.72. The first-order chi connectivity index (χ1) is 16.5. The van der Waals surface area contributed by atoms with Crippen LogP contribution in [0.1, 0.15) is 28.4 Å². The van der Waals surface area contributed by atoms with Crippen molar-refractivity contribution in [1.82, 2.24) is 15.3 Å². The monoisotopic (exact) mass is 479 g/mol.